The molecule has 3 aromatic heterocycles. The first kappa shape index (κ1) is 20.7. The molecule has 0 radical (unpaired) electrons. The molecule has 1 aliphatic rings. The molecule has 0 bridgehead atoms. The molecule has 5 rings (SSSR count). The smallest absolute Gasteiger partial charge is 0.261 e. The maximum atomic E-state index is 12.8. The van der Waals surface area contributed by atoms with Crippen LogP contribution in [0, 0.1) is 0 Å². The van der Waals surface area contributed by atoms with Crippen LogP contribution in [-0.4, -0.2) is 34.7 Å². The molecule has 164 valence electrons. The number of carbonyl (C=O) groups is 1. The van der Waals surface area contributed by atoms with Gasteiger partial charge in [-0.3, -0.25) is 4.79 Å². The quantitative estimate of drug-likeness (QED) is 0.464. The van der Waals surface area contributed by atoms with Crippen LogP contribution in [0.25, 0.3) is 27.8 Å². The van der Waals surface area contributed by atoms with Gasteiger partial charge in [0.2, 0.25) is 0 Å². The minimum absolute atomic E-state index is 0.0369. The predicted molar refractivity (Wildman–Crippen MR) is 128 cm³/mol. The molecule has 1 saturated carbocycles. The van der Waals surface area contributed by atoms with Gasteiger partial charge in [0.05, 0.1) is 18.2 Å². The van der Waals surface area contributed by atoms with Crippen molar-refractivity contribution < 1.29 is 9.53 Å². The van der Waals surface area contributed by atoms with Crippen molar-refractivity contribution in [3.8, 4) is 28.0 Å². The Bertz CT molecular complexity index is 1250. The van der Waals surface area contributed by atoms with Gasteiger partial charge in [-0.2, -0.15) is 5.10 Å². The third-order valence-corrected chi connectivity index (χ3v) is 7.10. The van der Waals surface area contributed by atoms with Crippen molar-refractivity contribution in [1.29, 1.82) is 0 Å². The Balaban J connectivity index is 1.45. The van der Waals surface area contributed by atoms with Crippen molar-refractivity contribution >= 4 is 22.8 Å². The molecule has 7 heteroatoms. The monoisotopic (exact) mass is 446 g/mol. The van der Waals surface area contributed by atoms with E-state index >= 15 is 0 Å². The number of amides is 1. The number of hydrogen-bond donors (Lipinski definition) is 2. The zero-order valence-electron chi connectivity index (χ0n) is 18.0. The highest BCUT2D eigenvalue weighted by molar-refractivity contribution is 7.12. The number of pyridine rings is 1. The highest BCUT2D eigenvalue weighted by atomic mass is 32.1. The zero-order valence-corrected chi connectivity index (χ0v) is 18.8. The summed E-state index contributed by atoms with van der Waals surface area (Å²) in [5, 5.41) is 9.70. The Hall–Kier alpha value is -3.16. The lowest BCUT2D eigenvalue weighted by molar-refractivity contribution is 0.0925. The van der Waals surface area contributed by atoms with Gasteiger partial charge in [0.15, 0.2) is 0 Å². The van der Waals surface area contributed by atoms with Crippen molar-refractivity contribution in [3.05, 3.63) is 65.1 Å². The van der Waals surface area contributed by atoms with Crippen molar-refractivity contribution in [2.75, 3.05) is 7.11 Å². The van der Waals surface area contributed by atoms with E-state index in [2.05, 4.69) is 22.5 Å². The molecule has 6 nitrogen and oxygen atoms in total. The number of thiophene rings is 1. The first-order valence-corrected chi connectivity index (χ1v) is 11.8. The largest absolute Gasteiger partial charge is 0.494 e. The summed E-state index contributed by atoms with van der Waals surface area (Å²) in [5.41, 5.74) is 11.1. The second kappa shape index (κ2) is 8.76. The SMILES string of the molecule is COc1cc(-c2ccccc2)cn2ncc(-c3csc(C(=O)N[C@H]4CCCC[C@H]4N)c3)c12. The minimum atomic E-state index is -0.0570. The summed E-state index contributed by atoms with van der Waals surface area (Å²) < 4.78 is 7.57. The minimum Gasteiger partial charge on any atom is -0.494 e. The lowest BCUT2D eigenvalue weighted by atomic mass is 9.91. The topological polar surface area (TPSA) is 81.7 Å². The van der Waals surface area contributed by atoms with Crippen LogP contribution in [0.3, 0.4) is 0 Å². The van der Waals surface area contributed by atoms with Crippen LogP contribution in [0.15, 0.2) is 60.2 Å². The Labute approximate surface area is 191 Å². The summed E-state index contributed by atoms with van der Waals surface area (Å²) in [7, 11) is 1.67. The van der Waals surface area contributed by atoms with Gasteiger partial charge in [0, 0.05) is 29.4 Å². The van der Waals surface area contributed by atoms with E-state index in [0.717, 1.165) is 59.2 Å². The van der Waals surface area contributed by atoms with Gasteiger partial charge in [-0.15, -0.1) is 11.3 Å². The molecule has 1 aliphatic carbocycles. The van der Waals surface area contributed by atoms with Crippen molar-refractivity contribution in [3.63, 3.8) is 0 Å². The second-order valence-electron chi connectivity index (χ2n) is 8.24. The average Bonchev–Trinajstić information content (AvgIpc) is 3.48. The molecule has 1 aromatic carbocycles. The maximum Gasteiger partial charge on any atom is 0.261 e. The van der Waals surface area contributed by atoms with Crippen molar-refractivity contribution in [2.24, 2.45) is 5.73 Å². The van der Waals surface area contributed by atoms with E-state index in [9.17, 15) is 4.79 Å². The molecule has 0 spiro atoms. The van der Waals surface area contributed by atoms with E-state index in [4.69, 9.17) is 10.5 Å². The second-order valence-corrected chi connectivity index (χ2v) is 9.15. The molecule has 1 fully saturated rings. The third-order valence-electron chi connectivity index (χ3n) is 6.17. The summed E-state index contributed by atoms with van der Waals surface area (Å²) in [4.78, 5) is 13.5. The van der Waals surface area contributed by atoms with Gasteiger partial charge >= 0.3 is 0 Å². The van der Waals surface area contributed by atoms with Crippen LogP contribution in [0.2, 0.25) is 0 Å². The number of nitrogens with two attached hydrogens (primary N) is 1. The van der Waals surface area contributed by atoms with E-state index in [1.165, 1.54) is 11.3 Å². The van der Waals surface area contributed by atoms with Gasteiger partial charge in [0.1, 0.15) is 11.3 Å². The summed E-state index contributed by atoms with van der Waals surface area (Å²) in [6, 6.07) is 14.2. The van der Waals surface area contributed by atoms with Crippen LogP contribution in [0.5, 0.6) is 5.75 Å². The fourth-order valence-electron chi connectivity index (χ4n) is 4.41. The Kier molecular flexibility index (Phi) is 5.68. The first-order valence-electron chi connectivity index (χ1n) is 10.9. The summed E-state index contributed by atoms with van der Waals surface area (Å²) in [6.45, 7) is 0. The lowest BCUT2D eigenvalue weighted by Crippen LogP contribution is -2.49. The van der Waals surface area contributed by atoms with Gasteiger partial charge in [0.25, 0.3) is 5.91 Å². The molecule has 1 amide bonds. The number of rotatable bonds is 5. The highest BCUT2D eigenvalue weighted by Crippen LogP contribution is 2.36. The molecular weight excluding hydrogens is 420 g/mol. The Morgan fingerprint density at radius 1 is 1.16 bits per heavy atom. The number of benzene rings is 1. The van der Waals surface area contributed by atoms with Crippen LogP contribution in [-0.2, 0) is 0 Å². The fraction of sp³-hybridized carbons (Fsp3) is 0.280. The van der Waals surface area contributed by atoms with Gasteiger partial charge in [-0.05, 0) is 41.5 Å². The van der Waals surface area contributed by atoms with Crippen LogP contribution in [0.4, 0.5) is 0 Å². The van der Waals surface area contributed by atoms with Gasteiger partial charge in [-0.25, -0.2) is 4.52 Å². The number of nitrogens with zero attached hydrogens (tertiary/aromatic N) is 2. The standard InChI is InChI=1S/C25H26N4O2S/c1-31-22-11-17(16-7-3-2-4-8-16)14-29-24(22)19(13-27-29)18-12-23(32-15-18)25(30)28-21-10-6-5-9-20(21)26/h2-4,7-8,11-15,20-21H,5-6,9-10,26H2,1H3,(H,28,30)/t20-,21+/m1/s1. The average molecular weight is 447 g/mol. The number of fused-ring (bicyclic) bond motifs is 1. The number of ether oxygens (including phenoxy) is 1. The number of carbonyl (C=O) groups excluding carboxylic acids is 1. The highest BCUT2D eigenvalue weighted by Gasteiger charge is 2.24. The van der Waals surface area contributed by atoms with E-state index in [1.807, 2.05) is 52.6 Å². The van der Waals surface area contributed by atoms with Crippen LogP contribution >= 0.6 is 11.3 Å². The third kappa shape index (κ3) is 3.89. The summed E-state index contributed by atoms with van der Waals surface area (Å²) in [5.74, 6) is 0.683. The lowest BCUT2D eigenvalue weighted by Gasteiger charge is -2.29. The Morgan fingerprint density at radius 2 is 1.97 bits per heavy atom. The van der Waals surface area contributed by atoms with Gasteiger partial charge in [-0.1, -0.05) is 43.2 Å². The zero-order chi connectivity index (χ0) is 22.1. The number of aromatic nitrogens is 2. The molecule has 3 N–H and O–H groups in total. The first-order chi connectivity index (χ1) is 15.6. The molecule has 0 unspecified atom stereocenters. The summed E-state index contributed by atoms with van der Waals surface area (Å²) >= 11 is 1.44. The molecule has 0 aliphatic heterocycles. The van der Waals surface area contributed by atoms with Crippen LogP contribution in [0.1, 0.15) is 35.4 Å². The number of methoxy groups -OCH3 is 1. The van der Waals surface area contributed by atoms with E-state index in [1.54, 1.807) is 7.11 Å². The molecule has 0 saturated heterocycles. The Morgan fingerprint density at radius 3 is 2.75 bits per heavy atom. The number of nitrogens with one attached hydrogen (secondary N) is 1. The fourth-order valence-corrected chi connectivity index (χ4v) is 5.22. The molecule has 4 aromatic rings. The van der Waals surface area contributed by atoms with Crippen molar-refractivity contribution in [1.82, 2.24) is 14.9 Å². The predicted octanol–water partition coefficient (Wildman–Crippen LogP) is 4.74. The van der Waals surface area contributed by atoms with E-state index < -0.39 is 0 Å². The van der Waals surface area contributed by atoms with E-state index in [-0.39, 0.29) is 18.0 Å². The number of hydrogen-bond acceptors (Lipinski definition) is 5. The van der Waals surface area contributed by atoms with Crippen molar-refractivity contribution in [2.45, 2.75) is 37.8 Å². The molecule has 3 heterocycles. The molecule has 32 heavy (non-hydrogen) atoms. The molecule has 2 atom stereocenters. The molecular formula is C25H26N4O2S. The van der Waals surface area contributed by atoms with Crippen LogP contribution < -0.4 is 15.8 Å². The normalized spacial score (nSPS) is 18.6. The van der Waals surface area contributed by atoms with E-state index in [0.29, 0.717) is 4.88 Å². The maximum absolute atomic E-state index is 12.8. The van der Waals surface area contributed by atoms with Gasteiger partial charge < -0.3 is 15.8 Å². The summed E-state index contributed by atoms with van der Waals surface area (Å²) in [6.07, 6.45) is 7.99.